The van der Waals surface area contributed by atoms with Gasteiger partial charge in [0.05, 0.1) is 0 Å². The molecule has 11 heteroatoms. The lowest BCUT2D eigenvalue weighted by atomic mass is 9.97. The Kier molecular flexibility index (Phi) is 4.04. The molecule has 8 nitrogen and oxygen atoms in total. The molecule has 1 fully saturated rings. The molecule has 1 atom stereocenters. The molecule has 0 amide bonds. The van der Waals surface area contributed by atoms with Crippen molar-refractivity contribution in [1.29, 1.82) is 0 Å². The van der Waals surface area contributed by atoms with Crippen LogP contribution in [-0.4, -0.2) is 48.1 Å². The normalized spacial score (nSPS) is 18.4. The lowest BCUT2D eigenvalue weighted by Crippen LogP contribution is -2.36. The number of hydrogen-bond acceptors (Lipinski definition) is 6. The number of fused-ring (bicyclic) bond motifs is 1. The lowest BCUT2D eigenvalue weighted by molar-refractivity contribution is -0.146. The van der Waals surface area contributed by atoms with Crippen molar-refractivity contribution in [2.45, 2.75) is 45.7 Å². The maximum absolute atomic E-state index is 13.2. The SMILES string of the molecule is Cc1nc([C@H]2CCCN(c3nn4c(C(F)(F)F)nnc4c(C)c3C)C2)n[nH]1. The van der Waals surface area contributed by atoms with Crippen LogP contribution in [0.2, 0.25) is 0 Å². The summed E-state index contributed by atoms with van der Waals surface area (Å²) >= 11 is 0. The Morgan fingerprint density at radius 3 is 2.56 bits per heavy atom. The molecule has 3 aromatic heterocycles. The second kappa shape index (κ2) is 6.17. The Bertz CT molecular complexity index is 990. The first-order valence-electron chi connectivity index (χ1n) is 8.69. The molecular formula is C16H19F3N8. The van der Waals surface area contributed by atoms with Gasteiger partial charge in [0.1, 0.15) is 5.82 Å². The highest BCUT2D eigenvalue weighted by Crippen LogP contribution is 2.33. The molecule has 1 N–H and O–H groups in total. The summed E-state index contributed by atoms with van der Waals surface area (Å²) in [5.74, 6) is 0.979. The van der Waals surface area contributed by atoms with E-state index >= 15 is 0 Å². The summed E-state index contributed by atoms with van der Waals surface area (Å²) in [5.41, 5.74) is 1.57. The van der Waals surface area contributed by atoms with E-state index < -0.39 is 12.0 Å². The van der Waals surface area contributed by atoms with Crippen LogP contribution in [0.15, 0.2) is 0 Å². The zero-order valence-electron chi connectivity index (χ0n) is 15.2. The van der Waals surface area contributed by atoms with Crippen LogP contribution in [0, 0.1) is 20.8 Å². The van der Waals surface area contributed by atoms with Gasteiger partial charge in [0, 0.05) is 30.1 Å². The number of anilines is 1. The number of rotatable bonds is 2. The smallest absolute Gasteiger partial charge is 0.354 e. The molecular weight excluding hydrogens is 361 g/mol. The Hall–Kier alpha value is -2.72. The average Bonchev–Trinajstić information content (AvgIpc) is 3.24. The fraction of sp³-hybridized carbons (Fsp3) is 0.562. The number of aromatic amines is 1. The van der Waals surface area contributed by atoms with Crippen molar-refractivity contribution in [2.24, 2.45) is 0 Å². The number of aromatic nitrogens is 7. The standard InChI is InChI=1S/C16H19F3N8/c1-8-9(2)14(25-27-13(8)23-24-15(27)16(17,18)19)26-6-4-5-11(7-26)12-20-10(3)21-22-12/h11H,4-7H2,1-3H3,(H,20,21,22)/t11-/m0/s1. The minimum absolute atomic E-state index is 0.101. The zero-order valence-corrected chi connectivity index (χ0v) is 15.2. The van der Waals surface area contributed by atoms with E-state index in [1.807, 2.05) is 18.7 Å². The highest BCUT2D eigenvalue weighted by Gasteiger charge is 2.38. The van der Waals surface area contributed by atoms with E-state index in [9.17, 15) is 13.2 Å². The van der Waals surface area contributed by atoms with E-state index in [0.29, 0.717) is 24.5 Å². The van der Waals surface area contributed by atoms with Crippen LogP contribution in [0.3, 0.4) is 0 Å². The average molecular weight is 380 g/mol. The summed E-state index contributed by atoms with van der Waals surface area (Å²) in [7, 11) is 0. The van der Waals surface area contributed by atoms with Gasteiger partial charge in [-0.1, -0.05) is 0 Å². The second-order valence-electron chi connectivity index (χ2n) is 6.89. The minimum atomic E-state index is -4.62. The summed E-state index contributed by atoms with van der Waals surface area (Å²) in [6.45, 7) is 6.73. The van der Waals surface area contributed by atoms with Crippen molar-refractivity contribution in [3.8, 4) is 0 Å². The summed E-state index contributed by atoms with van der Waals surface area (Å²) in [5, 5.41) is 18.3. The second-order valence-corrected chi connectivity index (χ2v) is 6.89. The van der Waals surface area contributed by atoms with Gasteiger partial charge in [0.2, 0.25) is 0 Å². The minimum Gasteiger partial charge on any atom is -0.354 e. The van der Waals surface area contributed by atoms with Crippen LogP contribution in [0.1, 0.15) is 47.4 Å². The molecule has 27 heavy (non-hydrogen) atoms. The van der Waals surface area contributed by atoms with Gasteiger partial charge in [-0.15, -0.1) is 15.3 Å². The molecule has 4 rings (SSSR count). The molecule has 1 aliphatic rings. The topological polar surface area (TPSA) is 87.9 Å². The third-order valence-electron chi connectivity index (χ3n) is 5.02. The Labute approximate surface area is 152 Å². The van der Waals surface area contributed by atoms with Crippen LogP contribution < -0.4 is 4.90 Å². The number of alkyl halides is 3. The van der Waals surface area contributed by atoms with Crippen molar-refractivity contribution >= 4 is 11.5 Å². The first-order valence-corrected chi connectivity index (χ1v) is 8.69. The van der Waals surface area contributed by atoms with Gasteiger partial charge in [-0.05, 0) is 33.6 Å². The highest BCUT2D eigenvalue weighted by molar-refractivity contribution is 5.59. The Balaban J connectivity index is 1.75. The van der Waals surface area contributed by atoms with Gasteiger partial charge < -0.3 is 4.90 Å². The van der Waals surface area contributed by atoms with Crippen molar-refractivity contribution < 1.29 is 13.2 Å². The van der Waals surface area contributed by atoms with Crippen LogP contribution >= 0.6 is 0 Å². The van der Waals surface area contributed by atoms with Gasteiger partial charge in [-0.2, -0.15) is 22.8 Å². The van der Waals surface area contributed by atoms with E-state index in [1.165, 1.54) is 0 Å². The molecule has 0 aliphatic carbocycles. The van der Waals surface area contributed by atoms with Crippen LogP contribution in [-0.2, 0) is 6.18 Å². The van der Waals surface area contributed by atoms with E-state index in [1.54, 1.807) is 6.92 Å². The molecule has 0 radical (unpaired) electrons. The van der Waals surface area contributed by atoms with Crippen molar-refractivity contribution in [2.75, 3.05) is 18.0 Å². The van der Waals surface area contributed by atoms with Gasteiger partial charge >= 0.3 is 6.18 Å². The van der Waals surface area contributed by atoms with Crippen molar-refractivity contribution in [3.05, 3.63) is 28.6 Å². The largest absolute Gasteiger partial charge is 0.453 e. The summed E-state index contributed by atoms with van der Waals surface area (Å²) in [4.78, 5) is 6.40. The van der Waals surface area contributed by atoms with Gasteiger partial charge in [-0.3, -0.25) is 5.10 Å². The van der Waals surface area contributed by atoms with Gasteiger partial charge in [0.15, 0.2) is 17.3 Å². The Morgan fingerprint density at radius 1 is 1.11 bits per heavy atom. The number of piperidine rings is 1. The van der Waals surface area contributed by atoms with Crippen molar-refractivity contribution in [1.82, 2.24) is 35.0 Å². The van der Waals surface area contributed by atoms with E-state index in [0.717, 1.165) is 34.6 Å². The maximum Gasteiger partial charge on any atom is 0.453 e. The van der Waals surface area contributed by atoms with E-state index in [4.69, 9.17) is 0 Å². The first-order chi connectivity index (χ1) is 12.8. The van der Waals surface area contributed by atoms with Gasteiger partial charge in [-0.25, -0.2) is 4.98 Å². The van der Waals surface area contributed by atoms with Crippen LogP contribution in [0.25, 0.3) is 5.65 Å². The van der Waals surface area contributed by atoms with Crippen LogP contribution in [0.4, 0.5) is 19.0 Å². The van der Waals surface area contributed by atoms with E-state index in [2.05, 4.69) is 30.5 Å². The molecule has 0 bridgehead atoms. The monoisotopic (exact) mass is 380 g/mol. The number of nitrogens with zero attached hydrogens (tertiary/aromatic N) is 7. The number of hydrogen-bond donors (Lipinski definition) is 1. The third-order valence-corrected chi connectivity index (χ3v) is 5.02. The van der Waals surface area contributed by atoms with Crippen LogP contribution in [0.5, 0.6) is 0 Å². The van der Waals surface area contributed by atoms with Gasteiger partial charge in [0.25, 0.3) is 5.82 Å². The number of H-pyrrole nitrogens is 1. The highest BCUT2D eigenvalue weighted by atomic mass is 19.4. The summed E-state index contributed by atoms with van der Waals surface area (Å²) in [6, 6.07) is 0. The Morgan fingerprint density at radius 2 is 1.89 bits per heavy atom. The molecule has 1 saturated heterocycles. The molecule has 0 saturated carbocycles. The molecule has 144 valence electrons. The molecule has 4 heterocycles. The lowest BCUT2D eigenvalue weighted by Gasteiger charge is -2.33. The third kappa shape index (κ3) is 3.00. The maximum atomic E-state index is 13.2. The van der Waals surface area contributed by atoms with Crippen molar-refractivity contribution in [3.63, 3.8) is 0 Å². The molecule has 0 unspecified atom stereocenters. The molecule has 0 spiro atoms. The van der Waals surface area contributed by atoms with E-state index in [-0.39, 0.29) is 11.6 Å². The predicted octanol–water partition coefficient (Wildman–Crippen LogP) is 2.57. The summed E-state index contributed by atoms with van der Waals surface area (Å²) < 4.78 is 40.5. The first kappa shape index (κ1) is 17.7. The molecule has 0 aromatic carbocycles. The number of halogens is 3. The molecule has 1 aliphatic heterocycles. The quantitative estimate of drug-likeness (QED) is 0.735. The predicted molar refractivity (Wildman–Crippen MR) is 90.6 cm³/mol. The fourth-order valence-electron chi connectivity index (χ4n) is 3.51. The summed E-state index contributed by atoms with van der Waals surface area (Å²) in [6.07, 6.45) is -2.81. The number of nitrogens with one attached hydrogen (secondary N) is 1. The number of aryl methyl sites for hydroxylation is 2. The fourth-order valence-corrected chi connectivity index (χ4v) is 3.51. The zero-order chi connectivity index (χ0) is 19.3. The molecule has 3 aromatic rings.